The van der Waals surface area contributed by atoms with Crippen LogP contribution in [-0.2, 0) is 28.2 Å². The number of carbonyl (C=O) groups excluding carboxylic acids is 2. The molecular weight excluding hydrogens is 356 g/mol. The maximum atomic E-state index is 12.9. The van der Waals surface area contributed by atoms with E-state index < -0.39 is 17.2 Å². The molecular formula is C21H24N4O3. The lowest BCUT2D eigenvalue weighted by atomic mass is 10.1. The van der Waals surface area contributed by atoms with E-state index in [1.165, 1.54) is 0 Å². The fourth-order valence-electron chi connectivity index (χ4n) is 3.26. The van der Waals surface area contributed by atoms with Crippen molar-refractivity contribution in [3.05, 3.63) is 65.5 Å². The van der Waals surface area contributed by atoms with Crippen molar-refractivity contribution in [1.82, 2.24) is 15.6 Å². The first-order valence-corrected chi connectivity index (χ1v) is 9.52. The van der Waals surface area contributed by atoms with Crippen LogP contribution in [0, 0.1) is 0 Å². The molecule has 0 aliphatic heterocycles. The number of nitrogens with two attached hydrogens (primary N) is 1. The molecule has 7 nitrogen and oxygen atoms in total. The minimum atomic E-state index is -0.880. The van der Waals surface area contributed by atoms with Gasteiger partial charge in [0.1, 0.15) is 12.1 Å². The van der Waals surface area contributed by atoms with Gasteiger partial charge in [0.15, 0.2) is 0 Å². The summed E-state index contributed by atoms with van der Waals surface area (Å²) in [6, 6.07) is 13.2. The van der Waals surface area contributed by atoms with Gasteiger partial charge in [-0.2, -0.15) is 0 Å². The Kier molecular flexibility index (Phi) is 4.77. The number of aromatic nitrogens is 1. The molecule has 1 heterocycles. The van der Waals surface area contributed by atoms with Crippen LogP contribution in [0.3, 0.4) is 0 Å². The molecule has 4 N–H and O–H groups in total. The van der Waals surface area contributed by atoms with Gasteiger partial charge < -0.3 is 21.1 Å². The highest BCUT2D eigenvalue weighted by Gasteiger charge is 2.56. The molecule has 0 radical (unpaired) electrons. The van der Waals surface area contributed by atoms with Crippen molar-refractivity contribution in [3.63, 3.8) is 0 Å². The van der Waals surface area contributed by atoms with Crippen molar-refractivity contribution in [3.8, 4) is 0 Å². The Balaban J connectivity index is 1.35. The molecule has 2 aliphatic rings. The quantitative estimate of drug-likeness (QED) is 0.682. The van der Waals surface area contributed by atoms with Crippen LogP contribution in [0.4, 0.5) is 4.79 Å². The maximum Gasteiger partial charge on any atom is 0.408 e. The second-order valence-corrected chi connectivity index (χ2v) is 7.56. The predicted molar refractivity (Wildman–Crippen MR) is 103 cm³/mol. The molecule has 0 saturated heterocycles. The zero-order chi connectivity index (χ0) is 19.6. The molecule has 28 heavy (non-hydrogen) atoms. The zero-order valence-corrected chi connectivity index (χ0v) is 15.6. The second-order valence-electron chi connectivity index (χ2n) is 7.56. The summed E-state index contributed by atoms with van der Waals surface area (Å²) in [4.78, 5) is 29.5. The molecule has 2 aromatic rings. The first-order chi connectivity index (χ1) is 13.6. The summed E-state index contributed by atoms with van der Waals surface area (Å²) in [5.74, 6) is -0.179. The van der Waals surface area contributed by atoms with Crippen molar-refractivity contribution in [2.75, 3.05) is 0 Å². The van der Waals surface area contributed by atoms with Gasteiger partial charge in [-0.05, 0) is 48.9 Å². The fourth-order valence-corrected chi connectivity index (χ4v) is 3.26. The number of ether oxygens (including phenoxy) is 1. The largest absolute Gasteiger partial charge is 0.445 e. The van der Waals surface area contributed by atoms with Crippen molar-refractivity contribution >= 4 is 12.0 Å². The molecule has 0 atom stereocenters. The summed E-state index contributed by atoms with van der Waals surface area (Å²) in [6.07, 6.45) is 4.00. The highest BCUT2D eigenvalue weighted by atomic mass is 16.5. The lowest BCUT2D eigenvalue weighted by Crippen LogP contribution is -2.52. The Bertz CT molecular complexity index is 876. The third kappa shape index (κ3) is 3.84. The van der Waals surface area contributed by atoms with Gasteiger partial charge in [0.05, 0.1) is 11.2 Å². The molecule has 0 spiro atoms. The van der Waals surface area contributed by atoms with Crippen LogP contribution in [0.25, 0.3) is 0 Å². The fraction of sp³-hybridized carbons (Fsp3) is 0.381. The number of amides is 2. The Morgan fingerprint density at radius 2 is 1.79 bits per heavy atom. The molecule has 146 valence electrons. The minimum Gasteiger partial charge on any atom is -0.445 e. The smallest absolute Gasteiger partial charge is 0.408 e. The average molecular weight is 380 g/mol. The summed E-state index contributed by atoms with van der Waals surface area (Å²) in [5, 5.41) is 5.85. The van der Waals surface area contributed by atoms with Crippen LogP contribution in [0.5, 0.6) is 0 Å². The molecule has 2 fully saturated rings. The number of nitrogens with one attached hydrogen (secondary N) is 2. The number of carbonyl (C=O) groups is 2. The van der Waals surface area contributed by atoms with E-state index in [-0.39, 0.29) is 12.5 Å². The van der Waals surface area contributed by atoms with Crippen LogP contribution < -0.4 is 16.4 Å². The van der Waals surface area contributed by atoms with Crippen molar-refractivity contribution in [2.45, 2.75) is 49.9 Å². The first kappa shape index (κ1) is 18.4. The average Bonchev–Trinajstić information content (AvgIpc) is 3.65. The summed E-state index contributed by atoms with van der Waals surface area (Å²) >= 11 is 0. The van der Waals surface area contributed by atoms with Crippen LogP contribution in [0.1, 0.15) is 42.5 Å². The highest BCUT2D eigenvalue weighted by molar-refractivity contribution is 5.93. The molecule has 4 rings (SSSR count). The third-order valence-electron chi connectivity index (χ3n) is 5.39. The Morgan fingerprint density at radius 3 is 2.43 bits per heavy atom. The minimum absolute atomic E-state index is 0.171. The summed E-state index contributed by atoms with van der Waals surface area (Å²) in [7, 11) is 0. The summed E-state index contributed by atoms with van der Waals surface area (Å²) < 4.78 is 5.26. The van der Waals surface area contributed by atoms with E-state index in [2.05, 4.69) is 15.6 Å². The number of benzene rings is 1. The zero-order valence-electron chi connectivity index (χ0n) is 15.6. The van der Waals surface area contributed by atoms with Crippen molar-refractivity contribution in [2.24, 2.45) is 5.73 Å². The molecule has 0 unspecified atom stereocenters. The van der Waals surface area contributed by atoms with E-state index in [0.29, 0.717) is 19.4 Å². The van der Waals surface area contributed by atoms with Gasteiger partial charge in [-0.15, -0.1) is 0 Å². The van der Waals surface area contributed by atoms with Gasteiger partial charge in [0.25, 0.3) is 0 Å². The first-order valence-electron chi connectivity index (χ1n) is 9.52. The molecule has 0 bridgehead atoms. The van der Waals surface area contributed by atoms with Crippen LogP contribution in [0.2, 0.25) is 0 Å². The standard InChI is InChI=1S/C21H24N4O3/c22-13-16-6-11-23-17(12-16)20(7-8-20)24-18(26)21(9-10-21)25-19(27)28-14-15-4-2-1-3-5-15/h1-6,11-12H,7-10,13-14,22H2,(H,24,26)(H,25,27). The monoisotopic (exact) mass is 380 g/mol. The number of hydrogen-bond acceptors (Lipinski definition) is 5. The molecule has 2 amide bonds. The SMILES string of the molecule is NCc1ccnc(C2(NC(=O)C3(NC(=O)OCc4ccccc4)CC3)CC2)c1. The Morgan fingerprint density at radius 1 is 1.04 bits per heavy atom. The topological polar surface area (TPSA) is 106 Å². The van der Waals surface area contributed by atoms with Crippen LogP contribution in [0.15, 0.2) is 48.7 Å². The molecule has 1 aromatic carbocycles. The molecule has 2 aliphatic carbocycles. The number of rotatable bonds is 7. The van der Waals surface area contributed by atoms with E-state index in [9.17, 15) is 9.59 Å². The highest BCUT2D eigenvalue weighted by Crippen LogP contribution is 2.46. The van der Waals surface area contributed by atoms with Gasteiger partial charge in [-0.25, -0.2) is 4.79 Å². The number of hydrogen-bond donors (Lipinski definition) is 3. The Labute approximate surface area is 163 Å². The van der Waals surface area contributed by atoms with E-state index in [0.717, 1.165) is 29.7 Å². The molecule has 2 saturated carbocycles. The van der Waals surface area contributed by atoms with Crippen LogP contribution in [-0.4, -0.2) is 22.5 Å². The molecule has 1 aromatic heterocycles. The normalized spacial score (nSPS) is 18.0. The number of pyridine rings is 1. The molecule has 7 heteroatoms. The summed E-state index contributed by atoms with van der Waals surface area (Å²) in [5.41, 5.74) is 7.08. The van der Waals surface area contributed by atoms with Gasteiger partial charge in [0.2, 0.25) is 5.91 Å². The van der Waals surface area contributed by atoms with Crippen molar-refractivity contribution < 1.29 is 14.3 Å². The Hall–Kier alpha value is -2.93. The number of nitrogens with zero attached hydrogens (tertiary/aromatic N) is 1. The van der Waals surface area contributed by atoms with Crippen LogP contribution >= 0.6 is 0 Å². The number of alkyl carbamates (subject to hydrolysis) is 1. The van der Waals surface area contributed by atoms with E-state index in [4.69, 9.17) is 10.5 Å². The second kappa shape index (κ2) is 7.24. The maximum absolute atomic E-state index is 12.9. The van der Waals surface area contributed by atoms with Gasteiger partial charge in [-0.3, -0.25) is 9.78 Å². The van der Waals surface area contributed by atoms with E-state index in [1.807, 2.05) is 42.5 Å². The predicted octanol–water partition coefficient (Wildman–Crippen LogP) is 2.10. The van der Waals surface area contributed by atoms with Gasteiger partial charge >= 0.3 is 6.09 Å². The lowest BCUT2D eigenvalue weighted by Gasteiger charge is -2.22. The van der Waals surface area contributed by atoms with E-state index in [1.54, 1.807) is 6.20 Å². The third-order valence-corrected chi connectivity index (χ3v) is 5.39. The van der Waals surface area contributed by atoms with E-state index >= 15 is 0 Å². The summed E-state index contributed by atoms with van der Waals surface area (Å²) in [6.45, 7) is 0.600. The van der Waals surface area contributed by atoms with Crippen molar-refractivity contribution in [1.29, 1.82) is 0 Å². The van der Waals surface area contributed by atoms with Gasteiger partial charge in [-0.1, -0.05) is 30.3 Å². The lowest BCUT2D eigenvalue weighted by molar-refractivity contribution is -0.125. The van der Waals surface area contributed by atoms with Gasteiger partial charge in [0, 0.05) is 12.7 Å².